The van der Waals surface area contributed by atoms with Crippen molar-refractivity contribution in [2.24, 2.45) is 0 Å². The molecule has 0 aromatic heterocycles. The van der Waals surface area contributed by atoms with Gasteiger partial charge in [0, 0.05) is 11.5 Å². The summed E-state index contributed by atoms with van der Waals surface area (Å²) in [6.07, 6.45) is 4.02. The van der Waals surface area contributed by atoms with Gasteiger partial charge in [-0.05, 0) is 5.56 Å². The predicted molar refractivity (Wildman–Crippen MR) is 88.1 cm³/mol. The van der Waals surface area contributed by atoms with Gasteiger partial charge >= 0.3 is 0 Å². The van der Waals surface area contributed by atoms with Gasteiger partial charge < -0.3 is 4.57 Å². The topological polar surface area (TPSA) is 17.1 Å². The molecule has 0 heterocycles. The van der Waals surface area contributed by atoms with Gasteiger partial charge in [0.05, 0.1) is 5.66 Å². The maximum atomic E-state index is 13.6. The summed E-state index contributed by atoms with van der Waals surface area (Å²) in [4.78, 5) is 0. The summed E-state index contributed by atoms with van der Waals surface area (Å²) >= 11 is 0. The first-order chi connectivity index (χ1) is 9.72. The molecule has 2 heteroatoms. The smallest absolute Gasteiger partial charge is 0.129 e. The molecule has 0 amide bonds. The van der Waals surface area contributed by atoms with Crippen LogP contribution in [0, 0.1) is 0 Å². The number of benzene rings is 2. The molecule has 1 nitrogen and oxygen atoms in total. The third-order valence-electron chi connectivity index (χ3n) is 3.41. The minimum atomic E-state index is -2.64. The molecule has 0 radical (unpaired) electrons. The zero-order valence-electron chi connectivity index (χ0n) is 11.5. The fraction of sp³-hybridized carbons (Fsp3) is 0.111. The standard InChI is InChI=1S/C18H19OP/c1-3-15-20(19,17-13-9-6-10-14-17)18(4-2)16-11-7-5-8-12-16/h3-14,18H,1-2,15H2. The van der Waals surface area contributed by atoms with Crippen LogP contribution in [0.5, 0.6) is 0 Å². The highest BCUT2D eigenvalue weighted by Gasteiger charge is 2.32. The first-order valence-electron chi connectivity index (χ1n) is 6.65. The van der Waals surface area contributed by atoms with Crippen molar-refractivity contribution in [2.75, 3.05) is 6.16 Å². The van der Waals surface area contributed by atoms with E-state index in [4.69, 9.17) is 0 Å². The van der Waals surface area contributed by atoms with Crippen LogP contribution in [-0.4, -0.2) is 6.16 Å². The van der Waals surface area contributed by atoms with Crippen molar-refractivity contribution in [3.05, 3.63) is 91.5 Å². The second kappa shape index (κ2) is 6.54. The second-order valence-electron chi connectivity index (χ2n) is 4.69. The van der Waals surface area contributed by atoms with Crippen molar-refractivity contribution >= 4 is 12.4 Å². The molecule has 20 heavy (non-hydrogen) atoms. The average Bonchev–Trinajstić information content (AvgIpc) is 2.50. The van der Waals surface area contributed by atoms with E-state index in [0.717, 1.165) is 10.9 Å². The van der Waals surface area contributed by atoms with E-state index in [9.17, 15) is 4.57 Å². The van der Waals surface area contributed by atoms with Gasteiger partial charge in [-0.2, -0.15) is 0 Å². The maximum absolute atomic E-state index is 13.6. The van der Waals surface area contributed by atoms with Crippen molar-refractivity contribution in [2.45, 2.75) is 5.66 Å². The van der Waals surface area contributed by atoms with Crippen LogP contribution < -0.4 is 5.30 Å². The van der Waals surface area contributed by atoms with E-state index in [-0.39, 0.29) is 5.66 Å². The molecule has 0 saturated heterocycles. The molecule has 2 unspecified atom stereocenters. The maximum Gasteiger partial charge on any atom is 0.129 e. The van der Waals surface area contributed by atoms with Gasteiger partial charge in [-0.1, -0.05) is 72.8 Å². The van der Waals surface area contributed by atoms with Crippen molar-refractivity contribution in [3.63, 3.8) is 0 Å². The first kappa shape index (κ1) is 14.6. The molecule has 2 aromatic carbocycles. The molecule has 2 rings (SSSR count). The monoisotopic (exact) mass is 282 g/mol. The van der Waals surface area contributed by atoms with Gasteiger partial charge in [-0.3, -0.25) is 0 Å². The van der Waals surface area contributed by atoms with Crippen LogP contribution in [-0.2, 0) is 4.57 Å². The summed E-state index contributed by atoms with van der Waals surface area (Å²) in [5, 5.41) is 0.883. The Morgan fingerprint density at radius 2 is 1.50 bits per heavy atom. The van der Waals surface area contributed by atoms with Crippen LogP contribution >= 0.6 is 7.14 Å². The SMILES string of the molecule is C=CCP(=O)(c1ccccc1)C(C=C)c1ccccc1. The predicted octanol–water partition coefficient (Wildman–Crippen LogP) is 4.79. The van der Waals surface area contributed by atoms with Crippen LogP contribution in [0.3, 0.4) is 0 Å². The molecule has 0 aliphatic carbocycles. The summed E-state index contributed by atoms with van der Waals surface area (Å²) in [7, 11) is -2.64. The summed E-state index contributed by atoms with van der Waals surface area (Å²) in [5.41, 5.74) is 0.862. The zero-order chi connectivity index (χ0) is 14.4. The first-order valence-corrected chi connectivity index (χ1v) is 8.61. The number of allylic oxidation sites excluding steroid dienone is 2. The molecule has 0 N–H and O–H groups in total. The van der Waals surface area contributed by atoms with Crippen LogP contribution in [0.2, 0.25) is 0 Å². The fourth-order valence-corrected chi connectivity index (χ4v) is 5.26. The van der Waals surface area contributed by atoms with Crippen molar-refractivity contribution in [1.82, 2.24) is 0 Å². The number of rotatable bonds is 6. The van der Waals surface area contributed by atoms with Crippen LogP contribution in [0.4, 0.5) is 0 Å². The lowest BCUT2D eigenvalue weighted by molar-refractivity contribution is 0.579. The Morgan fingerprint density at radius 1 is 0.950 bits per heavy atom. The average molecular weight is 282 g/mol. The van der Waals surface area contributed by atoms with Crippen LogP contribution in [0.1, 0.15) is 11.2 Å². The highest BCUT2D eigenvalue weighted by atomic mass is 31.2. The highest BCUT2D eigenvalue weighted by molar-refractivity contribution is 7.72. The van der Waals surface area contributed by atoms with E-state index in [1.54, 1.807) is 12.2 Å². The summed E-state index contributed by atoms with van der Waals surface area (Å²) in [6, 6.07) is 19.6. The fourth-order valence-electron chi connectivity index (χ4n) is 2.45. The van der Waals surface area contributed by atoms with E-state index in [1.807, 2.05) is 60.7 Å². The van der Waals surface area contributed by atoms with Gasteiger partial charge in [0.25, 0.3) is 0 Å². The van der Waals surface area contributed by atoms with Crippen LogP contribution in [0.25, 0.3) is 0 Å². The Kier molecular flexibility index (Phi) is 4.76. The molecule has 0 spiro atoms. The van der Waals surface area contributed by atoms with E-state index in [0.29, 0.717) is 6.16 Å². The molecule has 2 aromatic rings. The minimum absolute atomic E-state index is 0.177. The highest BCUT2D eigenvalue weighted by Crippen LogP contribution is 2.58. The molecular formula is C18H19OP. The zero-order valence-corrected chi connectivity index (χ0v) is 12.4. The van der Waals surface area contributed by atoms with Gasteiger partial charge in [0.1, 0.15) is 7.14 Å². The van der Waals surface area contributed by atoms with Gasteiger partial charge in [-0.25, -0.2) is 0 Å². The van der Waals surface area contributed by atoms with E-state index in [2.05, 4.69) is 13.2 Å². The third-order valence-corrected chi connectivity index (χ3v) is 6.79. The lowest BCUT2D eigenvalue weighted by Gasteiger charge is -2.25. The quantitative estimate of drug-likeness (QED) is 0.550. The van der Waals surface area contributed by atoms with E-state index in [1.165, 1.54) is 0 Å². The third kappa shape index (κ3) is 2.84. The Bertz CT molecular complexity index is 616. The van der Waals surface area contributed by atoms with Crippen molar-refractivity contribution < 1.29 is 4.57 Å². The second-order valence-corrected chi connectivity index (χ2v) is 7.72. The van der Waals surface area contributed by atoms with Crippen LogP contribution in [0.15, 0.2) is 86.0 Å². The van der Waals surface area contributed by atoms with Crippen molar-refractivity contribution in [1.29, 1.82) is 0 Å². The molecule has 0 aliphatic heterocycles. The Labute approximate surface area is 121 Å². The molecule has 0 saturated carbocycles. The minimum Gasteiger partial charge on any atom is -0.317 e. The van der Waals surface area contributed by atoms with E-state index < -0.39 is 7.14 Å². The van der Waals surface area contributed by atoms with Gasteiger partial charge in [0.2, 0.25) is 0 Å². The molecule has 0 bridgehead atoms. The Balaban J connectivity index is 2.54. The molecule has 102 valence electrons. The lowest BCUT2D eigenvalue weighted by atomic mass is 10.1. The molecule has 2 atom stereocenters. The normalized spacial score (nSPS) is 15.0. The number of hydrogen-bond acceptors (Lipinski definition) is 1. The number of hydrogen-bond donors (Lipinski definition) is 0. The Morgan fingerprint density at radius 3 is 2.00 bits per heavy atom. The summed E-state index contributed by atoms with van der Waals surface area (Å²) in [5.74, 6) is 0. The molecule has 0 aliphatic rings. The molecular weight excluding hydrogens is 263 g/mol. The van der Waals surface area contributed by atoms with Gasteiger partial charge in [-0.15, -0.1) is 13.2 Å². The Hall–Kier alpha value is -1.85. The summed E-state index contributed by atoms with van der Waals surface area (Å²) < 4.78 is 13.6. The molecule has 0 fully saturated rings. The van der Waals surface area contributed by atoms with Gasteiger partial charge in [0.15, 0.2) is 0 Å². The van der Waals surface area contributed by atoms with E-state index >= 15 is 0 Å². The lowest BCUT2D eigenvalue weighted by Crippen LogP contribution is -2.12. The summed E-state index contributed by atoms with van der Waals surface area (Å²) in [6.45, 7) is 7.68. The van der Waals surface area contributed by atoms with Crippen molar-refractivity contribution in [3.8, 4) is 0 Å². The largest absolute Gasteiger partial charge is 0.317 e.